The lowest BCUT2D eigenvalue weighted by Gasteiger charge is -2.26. The summed E-state index contributed by atoms with van der Waals surface area (Å²) in [5, 5.41) is 4.68. The van der Waals surface area contributed by atoms with E-state index in [0.29, 0.717) is 11.1 Å². The minimum Gasteiger partial charge on any atom is -0.369 e. The van der Waals surface area contributed by atoms with Crippen LogP contribution in [-0.2, 0) is 14.4 Å². The summed E-state index contributed by atoms with van der Waals surface area (Å²) in [5.74, 6) is -7.50. The molecular weight excluding hydrogens is 589 g/mol. The van der Waals surface area contributed by atoms with Crippen LogP contribution in [0, 0.1) is 11.8 Å². The lowest BCUT2D eigenvalue weighted by atomic mass is 9.83. The summed E-state index contributed by atoms with van der Waals surface area (Å²) in [4.78, 5) is 42.7. The van der Waals surface area contributed by atoms with Crippen molar-refractivity contribution in [3.8, 4) is 0 Å². The molecular formula is C25H22Cl2F6N4O3. The molecule has 3 rings (SSSR count). The first kappa shape index (κ1) is 31.2. The molecule has 7 nitrogen and oxygen atoms in total. The van der Waals surface area contributed by atoms with E-state index in [1.54, 1.807) is 30.3 Å². The first-order valence-electron chi connectivity index (χ1n) is 11.7. The number of rotatable bonds is 9. The zero-order valence-corrected chi connectivity index (χ0v) is 21.9. The van der Waals surface area contributed by atoms with E-state index in [2.05, 4.69) is 15.6 Å². The van der Waals surface area contributed by atoms with Crippen molar-refractivity contribution in [3.05, 3.63) is 63.6 Å². The maximum Gasteiger partial charge on any atom is 0.389 e. The third-order valence-corrected chi connectivity index (χ3v) is 6.90. The van der Waals surface area contributed by atoms with E-state index in [0.717, 1.165) is 0 Å². The minimum absolute atomic E-state index is 0.0485. The second-order valence-corrected chi connectivity index (χ2v) is 9.74. The smallest absolute Gasteiger partial charge is 0.369 e. The summed E-state index contributed by atoms with van der Waals surface area (Å²) in [5.41, 5.74) is 6.18. The minimum atomic E-state index is -4.79. The predicted octanol–water partition coefficient (Wildman–Crippen LogP) is 5.63. The molecule has 2 aromatic carbocycles. The van der Waals surface area contributed by atoms with Crippen LogP contribution in [-0.4, -0.2) is 42.0 Å². The average molecular weight is 611 g/mol. The van der Waals surface area contributed by atoms with Crippen LogP contribution in [0.15, 0.2) is 47.5 Å². The molecule has 1 heterocycles. The molecule has 4 N–H and O–H groups in total. The molecule has 0 spiro atoms. The quantitative estimate of drug-likeness (QED) is 0.320. The molecule has 1 aliphatic rings. The van der Waals surface area contributed by atoms with E-state index in [1.807, 2.05) is 0 Å². The molecule has 0 fully saturated rings. The van der Waals surface area contributed by atoms with Crippen molar-refractivity contribution in [3.63, 3.8) is 0 Å². The maximum absolute atomic E-state index is 13.2. The van der Waals surface area contributed by atoms with Gasteiger partial charge in [-0.05, 0) is 25.0 Å². The second kappa shape index (κ2) is 12.5. The van der Waals surface area contributed by atoms with E-state index in [9.17, 15) is 40.7 Å². The van der Waals surface area contributed by atoms with Crippen LogP contribution in [0.1, 0.15) is 36.8 Å². The van der Waals surface area contributed by atoms with Gasteiger partial charge in [0.05, 0.1) is 21.4 Å². The van der Waals surface area contributed by atoms with E-state index >= 15 is 0 Å². The fourth-order valence-corrected chi connectivity index (χ4v) is 4.55. The second-order valence-electron chi connectivity index (χ2n) is 8.95. The summed E-state index contributed by atoms with van der Waals surface area (Å²) in [6, 6.07) is 11.2. The number of hydrogen-bond donors (Lipinski definition) is 3. The van der Waals surface area contributed by atoms with Crippen molar-refractivity contribution in [2.45, 2.75) is 44.2 Å². The van der Waals surface area contributed by atoms with Gasteiger partial charge >= 0.3 is 12.4 Å². The number of benzene rings is 2. The normalized spacial score (nSPS) is 17.1. The third kappa shape index (κ3) is 8.10. The number of carbonyl (C=O) groups excluding carboxylic acids is 3. The van der Waals surface area contributed by atoms with Gasteiger partial charge in [-0.2, -0.15) is 26.3 Å². The number of aliphatic imine (C=N–C) groups is 1. The van der Waals surface area contributed by atoms with E-state index in [-0.39, 0.29) is 21.4 Å². The van der Waals surface area contributed by atoms with Crippen LogP contribution in [0.2, 0.25) is 10.0 Å². The number of alkyl halides is 6. The molecule has 0 saturated carbocycles. The molecule has 3 amide bonds. The van der Waals surface area contributed by atoms with Gasteiger partial charge in [0.25, 0.3) is 5.91 Å². The van der Waals surface area contributed by atoms with Gasteiger partial charge in [-0.3, -0.25) is 14.4 Å². The van der Waals surface area contributed by atoms with Gasteiger partial charge in [-0.1, -0.05) is 53.5 Å². The van der Waals surface area contributed by atoms with E-state index in [1.165, 1.54) is 12.1 Å². The lowest BCUT2D eigenvalue weighted by molar-refractivity contribution is -0.152. The molecule has 15 heteroatoms. The van der Waals surface area contributed by atoms with E-state index in [4.69, 9.17) is 28.9 Å². The van der Waals surface area contributed by atoms with Crippen LogP contribution < -0.4 is 16.4 Å². The highest BCUT2D eigenvalue weighted by Crippen LogP contribution is 2.37. The zero-order chi connectivity index (χ0) is 29.8. The monoisotopic (exact) mass is 610 g/mol. The number of halogens is 8. The Bertz CT molecular complexity index is 1300. The molecule has 216 valence electrons. The molecule has 3 atom stereocenters. The molecule has 0 bridgehead atoms. The Hall–Kier alpha value is -3.32. The highest BCUT2D eigenvalue weighted by molar-refractivity contribution is 6.45. The largest absolute Gasteiger partial charge is 0.389 e. The number of nitrogens with two attached hydrogens (primary N) is 1. The van der Waals surface area contributed by atoms with E-state index < -0.39 is 73.8 Å². The first-order valence-corrected chi connectivity index (χ1v) is 12.5. The van der Waals surface area contributed by atoms with Gasteiger partial charge in [-0.25, -0.2) is 4.99 Å². The third-order valence-electron chi connectivity index (χ3n) is 6.10. The highest BCUT2D eigenvalue weighted by Gasteiger charge is 2.40. The summed E-state index contributed by atoms with van der Waals surface area (Å²) >= 11 is 12.4. The van der Waals surface area contributed by atoms with Gasteiger partial charge in [-0.15, -0.1) is 0 Å². The summed E-state index contributed by atoms with van der Waals surface area (Å²) in [6.07, 6.45) is -16.5. The Kier molecular flexibility index (Phi) is 9.72. The Morgan fingerprint density at radius 1 is 0.950 bits per heavy atom. The molecule has 1 aliphatic heterocycles. The Balaban J connectivity index is 2.01. The fourth-order valence-electron chi connectivity index (χ4n) is 4.18. The molecule has 0 saturated heterocycles. The van der Waals surface area contributed by atoms with Crippen molar-refractivity contribution >= 4 is 52.3 Å². The van der Waals surface area contributed by atoms with Gasteiger partial charge in [0.15, 0.2) is 0 Å². The summed E-state index contributed by atoms with van der Waals surface area (Å²) in [6.45, 7) is 0. The standard InChI is InChI=1S/C25H22Cl2F6N4O3/c26-16-7-6-15-18(12-4-2-1-3-5-12)35-21(23(40)36-19(15)17(16)27)37-22(39)14(9-11-25(31,32)33)13(20(34)38)8-10-24(28,29)30/h1-7,13-14,21H,8-11H2,(H2,34,38)(H,36,40)(H,37,39)/t13-,14+,21?/m0/s1. The summed E-state index contributed by atoms with van der Waals surface area (Å²) < 4.78 is 77.6. The SMILES string of the molecule is NC(=O)[C@@H](CCC(F)(F)F)[C@@H](CCC(F)(F)F)C(=O)NC1N=C(c2ccccc2)c2ccc(Cl)c(Cl)c2NC1=O. The number of carbonyl (C=O) groups is 3. The van der Waals surface area contributed by atoms with Crippen LogP contribution in [0.25, 0.3) is 0 Å². The fraction of sp³-hybridized carbons (Fsp3) is 0.360. The number of anilines is 1. The average Bonchev–Trinajstić information content (AvgIpc) is 2.99. The predicted molar refractivity (Wildman–Crippen MR) is 136 cm³/mol. The molecule has 0 aliphatic carbocycles. The van der Waals surface area contributed by atoms with Crippen molar-refractivity contribution in [2.75, 3.05) is 5.32 Å². The van der Waals surface area contributed by atoms with Gasteiger partial charge < -0.3 is 16.4 Å². The van der Waals surface area contributed by atoms with Crippen molar-refractivity contribution in [1.29, 1.82) is 0 Å². The van der Waals surface area contributed by atoms with Crippen LogP contribution in [0.5, 0.6) is 0 Å². The topological polar surface area (TPSA) is 114 Å². The number of amides is 3. The van der Waals surface area contributed by atoms with Crippen LogP contribution in [0.4, 0.5) is 32.0 Å². The Morgan fingerprint density at radius 2 is 1.52 bits per heavy atom. The van der Waals surface area contributed by atoms with Gasteiger partial charge in [0.2, 0.25) is 18.0 Å². The van der Waals surface area contributed by atoms with Crippen molar-refractivity contribution in [2.24, 2.45) is 22.6 Å². The van der Waals surface area contributed by atoms with Gasteiger partial charge in [0.1, 0.15) is 0 Å². The maximum atomic E-state index is 13.2. The van der Waals surface area contributed by atoms with Crippen molar-refractivity contribution in [1.82, 2.24) is 5.32 Å². The number of benzodiazepines with no additional fused rings is 1. The molecule has 0 aromatic heterocycles. The molecule has 40 heavy (non-hydrogen) atoms. The lowest BCUT2D eigenvalue weighted by Crippen LogP contribution is -2.48. The molecule has 0 radical (unpaired) electrons. The Labute approximate surface area is 234 Å². The van der Waals surface area contributed by atoms with Gasteiger partial charge in [0, 0.05) is 35.8 Å². The van der Waals surface area contributed by atoms with Crippen LogP contribution >= 0.6 is 23.2 Å². The highest BCUT2D eigenvalue weighted by atomic mass is 35.5. The molecule has 2 aromatic rings. The van der Waals surface area contributed by atoms with Crippen molar-refractivity contribution < 1.29 is 40.7 Å². The number of fused-ring (bicyclic) bond motifs is 1. The van der Waals surface area contributed by atoms with Crippen LogP contribution in [0.3, 0.4) is 0 Å². The number of hydrogen-bond acceptors (Lipinski definition) is 4. The Morgan fingerprint density at radius 3 is 2.08 bits per heavy atom. The number of nitrogens with one attached hydrogen (secondary N) is 2. The first-order chi connectivity index (χ1) is 18.6. The summed E-state index contributed by atoms with van der Waals surface area (Å²) in [7, 11) is 0. The zero-order valence-electron chi connectivity index (χ0n) is 20.4. The molecule has 1 unspecified atom stereocenters. The number of nitrogens with zero attached hydrogens (tertiary/aromatic N) is 1. The number of primary amides is 1.